The number of ether oxygens (including phenoxy) is 2. The Bertz CT molecular complexity index is 707. The first-order valence-electron chi connectivity index (χ1n) is 7.11. The second kappa shape index (κ2) is 3.95. The van der Waals surface area contributed by atoms with E-state index in [4.69, 9.17) is 9.47 Å². The second-order valence-electron chi connectivity index (χ2n) is 5.93. The standard InChI is InChI=1S/C18H16O3/c1-12-8-10-14(11-9-12)18-15(13-6-4-3-5-7-13)20-16(19)17(18,2)21-18/h3-11,15H,1-2H3/t15?,17-,18+/m0/s1. The number of aryl methyl sites for hydroxylation is 1. The van der Waals surface area contributed by atoms with E-state index in [1.54, 1.807) is 0 Å². The highest BCUT2D eigenvalue weighted by Gasteiger charge is 2.82. The Morgan fingerprint density at radius 3 is 2.29 bits per heavy atom. The molecule has 2 aliphatic heterocycles. The van der Waals surface area contributed by atoms with Gasteiger partial charge in [-0.05, 0) is 25.0 Å². The summed E-state index contributed by atoms with van der Waals surface area (Å²) in [7, 11) is 0. The van der Waals surface area contributed by atoms with Crippen LogP contribution in [0.3, 0.4) is 0 Å². The number of hydrogen-bond acceptors (Lipinski definition) is 3. The van der Waals surface area contributed by atoms with E-state index >= 15 is 0 Å². The van der Waals surface area contributed by atoms with Crippen molar-refractivity contribution in [3.63, 3.8) is 0 Å². The van der Waals surface area contributed by atoms with E-state index in [2.05, 4.69) is 0 Å². The van der Waals surface area contributed by atoms with Gasteiger partial charge in [-0.25, -0.2) is 4.79 Å². The molecule has 2 aliphatic rings. The summed E-state index contributed by atoms with van der Waals surface area (Å²) in [5.41, 5.74) is 1.57. The third kappa shape index (κ3) is 1.49. The summed E-state index contributed by atoms with van der Waals surface area (Å²) >= 11 is 0. The van der Waals surface area contributed by atoms with E-state index in [-0.39, 0.29) is 12.1 Å². The van der Waals surface area contributed by atoms with Gasteiger partial charge in [-0.1, -0.05) is 60.2 Å². The summed E-state index contributed by atoms with van der Waals surface area (Å²) in [5, 5.41) is 0. The maximum atomic E-state index is 12.2. The van der Waals surface area contributed by atoms with Crippen LogP contribution in [0.25, 0.3) is 0 Å². The van der Waals surface area contributed by atoms with Crippen molar-refractivity contribution in [2.75, 3.05) is 0 Å². The van der Waals surface area contributed by atoms with Crippen molar-refractivity contribution >= 4 is 5.97 Å². The molecule has 2 saturated heterocycles. The van der Waals surface area contributed by atoms with Crippen LogP contribution in [0.1, 0.15) is 29.7 Å². The molecule has 3 atom stereocenters. The van der Waals surface area contributed by atoms with Crippen molar-refractivity contribution in [3.05, 3.63) is 71.3 Å². The number of benzene rings is 2. The van der Waals surface area contributed by atoms with Gasteiger partial charge in [0.2, 0.25) is 5.60 Å². The molecule has 0 spiro atoms. The van der Waals surface area contributed by atoms with Crippen LogP contribution in [-0.2, 0) is 19.9 Å². The average molecular weight is 280 g/mol. The highest BCUT2D eigenvalue weighted by Crippen LogP contribution is 2.68. The molecular weight excluding hydrogens is 264 g/mol. The zero-order valence-corrected chi connectivity index (χ0v) is 12.0. The molecule has 0 saturated carbocycles. The van der Waals surface area contributed by atoms with Crippen LogP contribution in [0.15, 0.2) is 54.6 Å². The van der Waals surface area contributed by atoms with Gasteiger partial charge in [0.05, 0.1) is 0 Å². The molecule has 0 amide bonds. The molecule has 2 aromatic carbocycles. The predicted molar refractivity (Wildman–Crippen MR) is 77.6 cm³/mol. The molecule has 2 fully saturated rings. The molecular formula is C18H16O3. The van der Waals surface area contributed by atoms with E-state index in [9.17, 15) is 4.79 Å². The molecule has 0 aliphatic carbocycles. The number of carbonyl (C=O) groups excluding carboxylic acids is 1. The van der Waals surface area contributed by atoms with Crippen LogP contribution < -0.4 is 0 Å². The van der Waals surface area contributed by atoms with E-state index in [0.29, 0.717) is 0 Å². The van der Waals surface area contributed by atoms with E-state index in [1.165, 1.54) is 5.56 Å². The fourth-order valence-corrected chi connectivity index (χ4v) is 3.31. The number of esters is 1. The number of carbonyl (C=O) groups is 1. The quantitative estimate of drug-likeness (QED) is 0.626. The number of rotatable bonds is 2. The zero-order valence-electron chi connectivity index (χ0n) is 12.0. The second-order valence-corrected chi connectivity index (χ2v) is 5.93. The molecule has 0 N–H and O–H groups in total. The summed E-state index contributed by atoms with van der Waals surface area (Å²) < 4.78 is 11.6. The Labute approximate surface area is 123 Å². The van der Waals surface area contributed by atoms with Gasteiger partial charge in [-0.2, -0.15) is 0 Å². The lowest BCUT2D eigenvalue weighted by atomic mass is 9.82. The van der Waals surface area contributed by atoms with Crippen LogP contribution in [0.5, 0.6) is 0 Å². The van der Waals surface area contributed by atoms with E-state index in [1.807, 2.05) is 68.4 Å². The van der Waals surface area contributed by atoms with Crippen LogP contribution in [0.2, 0.25) is 0 Å². The zero-order chi connectivity index (χ0) is 14.7. The summed E-state index contributed by atoms with van der Waals surface area (Å²) in [4.78, 5) is 12.2. The summed E-state index contributed by atoms with van der Waals surface area (Å²) in [5.74, 6) is -0.281. The lowest BCUT2D eigenvalue weighted by Gasteiger charge is -2.20. The monoisotopic (exact) mass is 280 g/mol. The van der Waals surface area contributed by atoms with Crippen LogP contribution in [0.4, 0.5) is 0 Å². The number of cyclic esters (lactones) is 1. The normalized spacial score (nSPS) is 33.4. The molecule has 1 unspecified atom stereocenters. The van der Waals surface area contributed by atoms with Crippen molar-refractivity contribution in [3.8, 4) is 0 Å². The van der Waals surface area contributed by atoms with Crippen molar-refractivity contribution in [1.82, 2.24) is 0 Å². The molecule has 3 nitrogen and oxygen atoms in total. The summed E-state index contributed by atoms with van der Waals surface area (Å²) in [6, 6.07) is 17.9. The first-order valence-corrected chi connectivity index (χ1v) is 7.11. The minimum Gasteiger partial charge on any atom is -0.452 e. The van der Waals surface area contributed by atoms with Crippen LogP contribution >= 0.6 is 0 Å². The molecule has 4 rings (SSSR count). The molecule has 106 valence electrons. The minimum absolute atomic E-state index is 0.281. The van der Waals surface area contributed by atoms with Crippen LogP contribution in [-0.4, -0.2) is 11.6 Å². The smallest absolute Gasteiger partial charge is 0.342 e. The van der Waals surface area contributed by atoms with Crippen LogP contribution in [0, 0.1) is 6.92 Å². The lowest BCUT2D eigenvalue weighted by Crippen LogP contribution is -2.23. The van der Waals surface area contributed by atoms with E-state index in [0.717, 1.165) is 11.1 Å². The SMILES string of the molecule is Cc1ccc([C@]23O[C@@]2(C)C(=O)OC3c2ccccc2)cc1. The van der Waals surface area contributed by atoms with Crippen molar-refractivity contribution in [2.45, 2.75) is 31.2 Å². The van der Waals surface area contributed by atoms with Crippen molar-refractivity contribution < 1.29 is 14.3 Å². The molecule has 0 aromatic heterocycles. The Hall–Kier alpha value is -2.13. The highest BCUT2D eigenvalue weighted by atomic mass is 16.7. The Kier molecular flexibility index (Phi) is 2.37. The predicted octanol–water partition coefficient (Wildman–Crippen LogP) is 3.28. The molecule has 21 heavy (non-hydrogen) atoms. The maximum Gasteiger partial charge on any atom is 0.342 e. The largest absolute Gasteiger partial charge is 0.452 e. The molecule has 2 heterocycles. The molecule has 3 heteroatoms. The molecule has 2 aromatic rings. The van der Waals surface area contributed by atoms with Gasteiger partial charge in [-0.15, -0.1) is 0 Å². The van der Waals surface area contributed by atoms with Gasteiger partial charge in [0.25, 0.3) is 0 Å². The Morgan fingerprint density at radius 2 is 1.67 bits per heavy atom. The molecule has 0 radical (unpaired) electrons. The third-order valence-electron chi connectivity index (χ3n) is 4.60. The van der Waals surface area contributed by atoms with Crippen molar-refractivity contribution in [1.29, 1.82) is 0 Å². The van der Waals surface area contributed by atoms with Gasteiger partial charge in [0, 0.05) is 0 Å². The minimum atomic E-state index is -0.872. The van der Waals surface area contributed by atoms with Gasteiger partial charge in [-0.3, -0.25) is 0 Å². The number of hydrogen-bond donors (Lipinski definition) is 0. The number of fused-ring (bicyclic) bond motifs is 1. The Morgan fingerprint density at radius 1 is 1.00 bits per heavy atom. The van der Waals surface area contributed by atoms with Gasteiger partial charge < -0.3 is 9.47 Å². The highest BCUT2D eigenvalue weighted by molar-refractivity contribution is 5.88. The fourth-order valence-electron chi connectivity index (χ4n) is 3.31. The van der Waals surface area contributed by atoms with Gasteiger partial charge in [0.15, 0.2) is 11.7 Å². The lowest BCUT2D eigenvalue weighted by molar-refractivity contribution is -0.155. The Balaban J connectivity index is 1.85. The van der Waals surface area contributed by atoms with E-state index < -0.39 is 11.2 Å². The maximum absolute atomic E-state index is 12.2. The average Bonchev–Trinajstić information content (AvgIpc) is 3.08. The first kappa shape index (κ1) is 12.6. The topological polar surface area (TPSA) is 38.8 Å². The van der Waals surface area contributed by atoms with Crippen molar-refractivity contribution in [2.24, 2.45) is 0 Å². The summed E-state index contributed by atoms with van der Waals surface area (Å²) in [6.07, 6.45) is -0.390. The van der Waals surface area contributed by atoms with Gasteiger partial charge in [0.1, 0.15) is 0 Å². The summed E-state index contributed by atoms with van der Waals surface area (Å²) in [6.45, 7) is 3.86. The first-order chi connectivity index (χ1) is 10.1. The third-order valence-corrected chi connectivity index (χ3v) is 4.60. The van der Waals surface area contributed by atoms with Gasteiger partial charge >= 0.3 is 5.97 Å². The fraction of sp³-hybridized carbons (Fsp3) is 0.278. The molecule has 0 bridgehead atoms. The number of epoxide rings is 1.